The molecule has 0 radical (unpaired) electrons. The lowest BCUT2D eigenvalue weighted by atomic mass is 10.1. The van der Waals surface area contributed by atoms with Crippen LogP contribution in [0.15, 0.2) is 0 Å². The van der Waals surface area contributed by atoms with Crippen molar-refractivity contribution in [2.45, 2.75) is 71.4 Å². The topological polar surface area (TPSA) is 142 Å². The fourth-order valence-electron chi connectivity index (χ4n) is 2.34. The Morgan fingerprint density at radius 3 is 2.19 bits per heavy atom. The summed E-state index contributed by atoms with van der Waals surface area (Å²) in [6, 6.07) is -1.74. The minimum atomic E-state index is -0.918. The molecule has 0 bridgehead atoms. The van der Waals surface area contributed by atoms with Crippen LogP contribution in [0.1, 0.15) is 59.3 Å². The molecular formula is C20H34N2O7S2. The number of ketones is 2. The SMILES string of the molecule is CCCC(=O)CSSC[C@H](NC(=O)CC[C@H](N)C(=O)OCC)C(=O)CCC(=O)OCC. The van der Waals surface area contributed by atoms with E-state index in [0.717, 1.165) is 6.42 Å². The number of ether oxygens (including phenoxy) is 2. The lowest BCUT2D eigenvalue weighted by Gasteiger charge is -2.18. The molecule has 0 saturated heterocycles. The molecule has 0 fully saturated rings. The third-order valence-electron chi connectivity index (χ3n) is 3.94. The molecule has 1 amide bonds. The second kappa shape index (κ2) is 18.0. The van der Waals surface area contributed by atoms with Crippen molar-refractivity contribution in [3.05, 3.63) is 0 Å². The van der Waals surface area contributed by atoms with Crippen LogP contribution in [0.2, 0.25) is 0 Å². The Labute approximate surface area is 191 Å². The first-order chi connectivity index (χ1) is 14.7. The van der Waals surface area contributed by atoms with E-state index in [1.54, 1.807) is 13.8 Å². The number of rotatable bonds is 18. The monoisotopic (exact) mass is 478 g/mol. The average Bonchev–Trinajstić information content (AvgIpc) is 2.72. The molecule has 11 heteroatoms. The van der Waals surface area contributed by atoms with Crippen molar-refractivity contribution in [1.29, 1.82) is 0 Å². The van der Waals surface area contributed by atoms with Crippen LogP contribution in [0.4, 0.5) is 0 Å². The number of Topliss-reactive ketones (excluding diaryl/α,β-unsaturated/α-hetero) is 2. The maximum Gasteiger partial charge on any atom is 0.322 e. The largest absolute Gasteiger partial charge is 0.466 e. The molecule has 0 spiro atoms. The molecule has 9 nitrogen and oxygen atoms in total. The molecule has 3 N–H and O–H groups in total. The molecule has 2 atom stereocenters. The lowest BCUT2D eigenvalue weighted by molar-refractivity contribution is -0.145. The van der Waals surface area contributed by atoms with E-state index in [9.17, 15) is 24.0 Å². The van der Waals surface area contributed by atoms with Gasteiger partial charge in [-0.2, -0.15) is 0 Å². The van der Waals surface area contributed by atoms with Crippen molar-refractivity contribution in [2.75, 3.05) is 24.7 Å². The Morgan fingerprint density at radius 2 is 1.58 bits per heavy atom. The van der Waals surface area contributed by atoms with Crippen LogP contribution < -0.4 is 11.1 Å². The van der Waals surface area contributed by atoms with E-state index in [4.69, 9.17) is 15.2 Å². The lowest BCUT2D eigenvalue weighted by Crippen LogP contribution is -2.43. The molecule has 0 saturated carbocycles. The van der Waals surface area contributed by atoms with Crippen LogP contribution in [0.25, 0.3) is 0 Å². The Hall–Kier alpha value is -1.59. The third-order valence-corrected chi connectivity index (χ3v) is 6.28. The van der Waals surface area contributed by atoms with Gasteiger partial charge in [0.15, 0.2) is 5.78 Å². The van der Waals surface area contributed by atoms with Gasteiger partial charge in [-0.05, 0) is 26.7 Å². The predicted octanol–water partition coefficient (Wildman–Crippen LogP) is 1.80. The number of carbonyl (C=O) groups is 5. The number of nitrogens with one attached hydrogen (secondary N) is 1. The van der Waals surface area contributed by atoms with E-state index in [1.165, 1.54) is 21.6 Å². The van der Waals surface area contributed by atoms with Gasteiger partial charge in [-0.3, -0.25) is 24.0 Å². The van der Waals surface area contributed by atoms with Crippen molar-refractivity contribution >= 4 is 51.0 Å². The van der Waals surface area contributed by atoms with E-state index >= 15 is 0 Å². The van der Waals surface area contributed by atoms with Crippen LogP contribution in [-0.4, -0.2) is 66.2 Å². The summed E-state index contributed by atoms with van der Waals surface area (Å²) in [7, 11) is 2.64. The molecule has 0 rings (SSSR count). The highest BCUT2D eigenvalue weighted by atomic mass is 33.1. The predicted molar refractivity (Wildman–Crippen MR) is 121 cm³/mol. The Balaban J connectivity index is 4.70. The maximum atomic E-state index is 12.5. The van der Waals surface area contributed by atoms with Crippen LogP contribution >= 0.6 is 21.6 Å². The van der Waals surface area contributed by atoms with Crippen LogP contribution in [0.5, 0.6) is 0 Å². The molecule has 0 aliphatic carbocycles. The van der Waals surface area contributed by atoms with Gasteiger partial charge in [-0.1, -0.05) is 28.5 Å². The van der Waals surface area contributed by atoms with Crippen molar-refractivity contribution in [3.63, 3.8) is 0 Å². The summed E-state index contributed by atoms with van der Waals surface area (Å²) < 4.78 is 9.63. The van der Waals surface area contributed by atoms with Gasteiger partial charge in [-0.15, -0.1) is 0 Å². The molecule has 0 aromatic rings. The second-order valence-corrected chi connectivity index (χ2v) is 9.13. The summed E-state index contributed by atoms with van der Waals surface area (Å²) in [6.07, 6.45) is 1.19. The summed E-state index contributed by atoms with van der Waals surface area (Å²) in [5.41, 5.74) is 5.69. The van der Waals surface area contributed by atoms with E-state index in [1.807, 2.05) is 6.92 Å². The summed E-state index contributed by atoms with van der Waals surface area (Å²) in [5, 5.41) is 2.64. The molecule has 0 aliphatic rings. The first-order valence-electron chi connectivity index (χ1n) is 10.4. The van der Waals surface area contributed by atoms with Gasteiger partial charge in [0.2, 0.25) is 5.91 Å². The van der Waals surface area contributed by atoms with Crippen molar-refractivity contribution < 1.29 is 33.4 Å². The van der Waals surface area contributed by atoms with E-state index < -0.39 is 29.9 Å². The van der Waals surface area contributed by atoms with Crippen molar-refractivity contribution in [3.8, 4) is 0 Å². The zero-order valence-electron chi connectivity index (χ0n) is 18.5. The molecule has 0 aromatic heterocycles. The summed E-state index contributed by atoms with van der Waals surface area (Å²) in [4.78, 5) is 59.5. The van der Waals surface area contributed by atoms with Gasteiger partial charge >= 0.3 is 11.9 Å². The number of esters is 2. The molecule has 0 heterocycles. The van der Waals surface area contributed by atoms with Gasteiger partial charge < -0.3 is 20.5 Å². The zero-order valence-corrected chi connectivity index (χ0v) is 20.1. The van der Waals surface area contributed by atoms with Crippen molar-refractivity contribution in [2.24, 2.45) is 5.73 Å². The fourth-order valence-corrected chi connectivity index (χ4v) is 4.54. The second-order valence-electron chi connectivity index (χ2n) is 6.62. The summed E-state index contributed by atoms with van der Waals surface area (Å²) >= 11 is 0. The molecule has 0 aliphatic heterocycles. The Morgan fingerprint density at radius 1 is 0.903 bits per heavy atom. The summed E-state index contributed by atoms with van der Waals surface area (Å²) in [6.45, 7) is 5.70. The molecule has 0 aromatic carbocycles. The smallest absolute Gasteiger partial charge is 0.322 e. The molecule has 178 valence electrons. The maximum absolute atomic E-state index is 12.5. The van der Waals surface area contributed by atoms with Crippen LogP contribution in [0, 0.1) is 0 Å². The Kier molecular flexibility index (Phi) is 17.1. The third kappa shape index (κ3) is 14.9. The van der Waals surface area contributed by atoms with Crippen LogP contribution in [0.3, 0.4) is 0 Å². The van der Waals surface area contributed by atoms with Gasteiger partial charge in [0, 0.05) is 25.0 Å². The minimum Gasteiger partial charge on any atom is -0.466 e. The Bertz CT molecular complexity index is 602. The van der Waals surface area contributed by atoms with Gasteiger partial charge in [0.05, 0.1) is 31.4 Å². The number of amides is 1. The van der Waals surface area contributed by atoms with Gasteiger partial charge in [0.1, 0.15) is 11.8 Å². The number of hydrogen-bond acceptors (Lipinski definition) is 10. The quantitative estimate of drug-likeness (QED) is 0.170. The average molecular weight is 479 g/mol. The van der Waals surface area contributed by atoms with Gasteiger partial charge in [-0.25, -0.2) is 0 Å². The molecular weight excluding hydrogens is 444 g/mol. The van der Waals surface area contributed by atoms with Crippen molar-refractivity contribution in [1.82, 2.24) is 5.32 Å². The minimum absolute atomic E-state index is 0.0472. The van der Waals surface area contributed by atoms with E-state index in [0.29, 0.717) is 12.2 Å². The molecule has 0 unspecified atom stereocenters. The number of carbonyl (C=O) groups excluding carboxylic acids is 5. The van der Waals surface area contributed by atoms with Crippen LogP contribution in [-0.2, 0) is 33.4 Å². The highest BCUT2D eigenvalue weighted by molar-refractivity contribution is 8.76. The summed E-state index contributed by atoms with van der Waals surface area (Å²) in [5.74, 6) is -1.09. The molecule has 31 heavy (non-hydrogen) atoms. The highest BCUT2D eigenvalue weighted by Crippen LogP contribution is 2.23. The number of nitrogens with two attached hydrogens (primary N) is 1. The van der Waals surface area contributed by atoms with E-state index in [2.05, 4.69) is 5.32 Å². The standard InChI is InChI=1S/C20H34N2O7S2/c1-4-7-14(23)12-30-31-13-16(17(24)9-11-19(26)28-5-2)22-18(25)10-8-15(21)20(27)29-6-3/h15-16H,4-13,21H2,1-3H3,(H,22,25)/t15-,16-/m0/s1. The van der Waals surface area contributed by atoms with Gasteiger partial charge in [0.25, 0.3) is 0 Å². The normalized spacial score (nSPS) is 12.5. The first kappa shape index (κ1) is 29.4. The first-order valence-corrected chi connectivity index (χ1v) is 12.9. The fraction of sp³-hybridized carbons (Fsp3) is 0.750. The number of hydrogen-bond donors (Lipinski definition) is 2. The zero-order chi connectivity index (χ0) is 23.6. The van der Waals surface area contributed by atoms with E-state index in [-0.39, 0.29) is 56.2 Å². The highest BCUT2D eigenvalue weighted by Gasteiger charge is 2.23.